The van der Waals surface area contributed by atoms with Gasteiger partial charge in [0.15, 0.2) is 5.75 Å². The van der Waals surface area contributed by atoms with Crippen molar-refractivity contribution in [2.75, 3.05) is 13.1 Å². The van der Waals surface area contributed by atoms with Gasteiger partial charge in [0, 0.05) is 26.2 Å². The summed E-state index contributed by atoms with van der Waals surface area (Å²) in [5.74, 6) is 0.717. The second-order valence-corrected chi connectivity index (χ2v) is 4.62. The number of aromatic nitrogens is 2. The molecule has 5 heteroatoms. The maximum atomic E-state index is 11.2. The lowest BCUT2D eigenvalue weighted by Gasteiger charge is -2.33. The Bertz CT molecular complexity index is 407. The normalized spacial score (nSPS) is 21.8. The van der Waals surface area contributed by atoms with E-state index in [2.05, 4.69) is 10.4 Å². The quantitative estimate of drug-likeness (QED) is 0.697. The van der Waals surface area contributed by atoms with Crippen molar-refractivity contribution in [3.63, 3.8) is 0 Å². The molecule has 1 aromatic rings. The Morgan fingerprint density at radius 1 is 1.56 bits per heavy atom. The van der Waals surface area contributed by atoms with E-state index in [9.17, 15) is 4.79 Å². The summed E-state index contributed by atoms with van der Waals surface area (Å²) in [6.45, 7) is 3.50. The predicted octanol–water partition coefficient (Wildman–Crippen LogP) is 0.600. The number of piperidine rings is 1. The largest absolute Gasteiger partial charge is 0.483 e. The Balaban J connectivity index is 1.84. The summed E-state index contributed by atoms with van der Waals surface area (Å²) in [5.41, 5.74) is 0.871. The molecule has 0 unspecified atom stereocenters. The van der Waals surface area contributed by atoms with Crippen LogP contribution in [0.1, 0.15) is 30.3 Å². The van der Waals surface area contributed by atoms with Crippen LogP contribution in [0.15, 0.2) is 6.20 Å². The molecule has 5 nitrogen and oxygen atoms in total. The number of ether oxygens (including phenoxy) is 1. The number of hydrogen-bond acceptors (Lipinski definition) is 4. The van der Waals surface area contributed by atoms with Gasteiger partial charge in [-0.05, 0) is 13.1 Å². The van der Waals surface area contributed by atoms with Crippen molar-refractivity contribution >= 4 is 5.91 Å². The Morgan fingerprint density at radius 3 is 2.94 bits per heavy atom. The monoisotopic (exact) mass is 221 g/mol. The van der Waals surface area contributed by atoms with Gasteiger partial charge in [0.1, 0.15) is 11.3 Å². The lowest BCUT2D eigenvalue weighted by atomic mass is 9.89. The standard InChI is InChI=1S/C11H15N3O2/c1-8(15)14-7-10-9(13-14)6-11(16-10)2-4-12-5-3-11/h7,12H,2-6H2,1H3. The van der Waals surface area contributed by atoms with E-state index < -0.39 is 0 Å². The van der Waals surface area contributed by atoms with Gasteiger partial charge in [0.25, 0.3) is 0 Å². The molecule has 0 saturated carbocycles. The zero-order valence-electron chi connectivity index (χ0n) is 9.32. The first-order valence-corrected chi connectivity index (χ1v) is 5.68. The minimum atomic E-state index is -0.0719. The lowest BCUT2D eigenvalue weighted by molar-refractivity contribution is 0.0581. The molecule has 3 rings (SSSR count). The summed E-state index contributed by atoms with van der Waals surface area (Å²) < 4.78 is 7.35. The number of nitrogens with one attached hydrogen (secondary N) is 1. The van der Waals surface area contributed by atoms with Gasteiger partial charge in [-0.2, -0.15) is 5.10 Å². The van der Waals surface area contributed by atoms with E-state index >= 15 is 0 Å². The van der Waals surface area contributed by atoms with E-state index in [1.807, 2.05) is 0 Å². The van der Waals surface area contributed by atoms with Crippen LogP contribution in [-0.4, -0.2) is 34.4 Å². The molecule has 0 aromatic carbocycles. The molecule has 2 aliphatic heterocycles. The fourth-order valence-corrected chi connectivity index (χ4v) is 2.50. The smallest absolute Gasteiger partial charge is 0.243 e. The zero-order valence-corrected chi connectivity index (χ0v) is 9.32. The Kier molecular flexibility index (Phi) is 2.04. The molecule has 0 atom stereocenters. The van der Waals surface area contributed by atoms with Crippen LogP contribution in [0.2, 0.25) is 0 Å². The average molecular weight is 221 g/mol. The maximum Gasteiger partial charge on any atom is 0.243 e. The summed E-state index contributed by atoms with van der Waals surface area (Å²) in [4.78, 5) is 11.2. The summed E-state index contributed by atoms with van der Waals surface area (Å²) in [7, 11) is 0. The number of nitrogens with zero attached hydrogens (tertiary/aromatic N) is 2. The van der Waals surface area contributed by atoms with Crippen LogP contribution in [0.25, 0.3) is 0 Å². The van der Waals surface area contributed by atoms with Gasteiger partial charge < -0.3 is 10.1 Å². The molecule has 1 N–H and O–H groups in total. The van der Waals surface area contributed by atoms with Gasteiger partial charge in [0.2, 0.25) is 5.91 Å². The van der Waals surface area contributed by atoms with Gasteiger partial charge in [-0.15, -0.1) is 0 Å². The van der Waals surface area contributed by atoms with Gasteiger partial charge in [-0.3, -0.25) is 4.79 Å². The van der Waals surface area contributed by atoms with E-state index in [1.54, 1.807) is 6.20 Å². The average Bonchev–Trinajstić information content (AvgIpc) is 2.74. The van der Waals surface area contributed by atoms with E-state index in [1.165, 1.54) is 11.6 Å². The molecule has 0 bridgehead atoms. The highest BCUT2D eigenvalue weighted by Gasteiger charge is 2.42. The molecule has 0 radical (unpaired) electrons. The van der Waals surface area contributed by atoms with Gasteiger partial charge in [-0.1, -0.05) is 0 Å². The van der Waals surface area contributed by atoms with Crippen molar-refractivity contribution < 1.29 is 9.53 Å². The molecule has 86 valence electrons. The van der Waals surface area contributed by atoms with E-state index in [4.69, 9.17) is 4.74 Å². The van der Waals surface area contributed by atoms with E-state index in [0.717, 1.165) is 43.8 Å². The van der Waals surface area contributed by atoms with E-state index in [-0.39, 0.29) is 11.5 Å². The second kappa shape index (κ2) is 3.31. The molecule has 2 aliphatic rings. The maximum absolute atomic E-state index is 11.2. The van der Waals surface area contributed by atoms with Crippen molar-refractivity contribution in [2.45, 2.75) is 31.8 Å². The molecular formula is C11H15N3O2. The summed E-state index contributed by atoms with van der Waals surface area (Å²) >= 11 is 0. The minimum Gasteiger partial charge on any atom is -0.483 e. The van der Waals surface area contributed by atoms with Crippen LogP contribution < -0.4 is 10.1 Å². The number of fused-ring (bicyclic) bond motifs is 1. The summed E-state index contributed by atoms with van der Waals surface area (Å²) in [5, 5.41) is 7.59. The van der Waals surface area contributed by atoms with Crippen LogP contribution in [-0.2, 0) is 6.42 Å². The molecule has 1 aromatic heterocycles. The van der Waals surface area contributed by atoms with Crippen molar-refractivity contribution in [2.24, 2.45) is 0 Å². The first-order valence-electron chi connectivity index (χ1n) is 5.68. The minimum absolute atomic E-state index is 0.0568. The molecule has 3 heterocycles. The number of carbonyl (C=O) groups excluding carboxylic acids is 1. The third-order valence-corrected chi connectivity index (χ3v) is 3.41. The Morgan fingerprint density at radius 2 is 2.31 bits per heavy atom. The zero-order chi connectivity index (χ0) is 11.2. The van der Waals surface area contributed by atoms with Crippen molar-refractivity contribution in [1.82, 2.24) is 15.1 Å². The molecule has 0 aliphatic carbocycles. The van der Waals surface area contributed by atoms with Crippen molar-refractivity contribution in [3.05, 3.63) is 11.9 Å². The highest BCUT2D eigenvalue weighted by atomic mass is 16.5. The van der Waals surface area contributed by atoms with Crippen molar-refractivity contribution in [3.8, 4) is 5.75 Å². The van der Waals surface area contributed by atoms with Gasteiger partial charge in [-0.25, -0.2) is 4.68 Å². The third-order valence-electron chi connectivity index (χ3n) is 3.41. The topological polar surface area (TPSA) is 56.2 Å². The molecular weight excluding hydrogens is 206 g/mol. The number of carbonyl (C=O) groups is 1. The summed E-state index contributed by atoms with van der Waals surface area (Å²) in [6, 6.07) is 0. The highest BCUT2D eigenvalue weighted by Crippen LogP contribution is 2.39. The van der Waals surface area contributed by atoms with Gasteiger partial charge >= 0.3 is 0 Å². The van der Waals surface area contributed by atoms with Gasteiger partial charge in [0.05, 0.1) is 6.20 Å². The molecule has 1 fully saturated rings. The summed E-state index contributed by atoms with van der Waals surface area (Å²) in [6.07, 6.45) is 4.58. The second-order valence-electron chi connectivity index (χ2n) is 4.62. The van der Waals surface area contributed by atoms with Crippen LogP contribution in [0.3, 0.4) is 0 Å². The number of rotatable bonds is 0. The molecule has 16 heavy (non-hydrogen) atoms. The third kappa shape index (κ3) is 1.43. The first-order chi connectivity index (χ1) is 7.69. The highest BCUT2D eigenvalue weighted by molar-refractivity contribution is 5.75. The Hall–Kier alpha value is -1.36. The first kappa shape index (κ1) is 9.84. The van der Waals surface area contributed by atoms with E-state index in [0.29, 0.717) is 0 Å². The fraction of sp³-hybridized carbons (Fsp3) is 0.636. The predicted molar refractivity (Wildman–Crippen MR) is 57.7 cm³/mol. The molecule has 1 saturated heterocycles. The number of hydrogen-bond donors (Lipinski definition) is 1. The van der Waals surface area contributed by atoms with Crippen LogP contribution >= 0.6 is 0 Å². The van der Waals surface area contributed by atoms with Crippen LogP contribution in [0.5, 0.6) is 5.75 Å². The SMILES string of the molecule is CC(=O)n1cc2c(n1)CC1(CCNCC1)O2. The van der Waals surface area contributed by atoms with Crippen LogP contribution in [0.4, 0.5) is 0 Å². The lowest BCUT2D eigenvalue weighted by Crippen LogP contribution is -2.45. The van der Waals surface area contributed by atoms with Crippen molar-refractivity contribution in [1.29, 1.82) is 0 Å². The molecule has 1 spiro atoms. The Labute approximate surface area is 93.8 Å². The molecule has 0 amide bonds. The fourth-order valence-electron chi connectivity index (χ4n) is 2.50. The van der Waals surface area contributed by atoms with Crippen LogP contribution in [0, 0.1) is 0 Å².